The molecule has 100 valence electrons. The van der Waals surface area contributed by atoms with E-state index in [-0.39, 0.29) is 11.8 Å². The van der Waals surface area contributed by atoms with Crippen LogP contribution in [0.15, 0.2) is 30.5 Å². The zero-order chi connectivity index (χ0) is 13.8. The average Bonchev–Trinajstić information content (AvgIpc) is 2.75. The lowest BCUT2D eigenvalue weighted by atomic mass is 9.97. The minimum atomic E-state index is -0.0151. The highest BCUT2D eigenvalue weighted by Gasteiger charge is 2.12. The molecular formula is C14H17N3OS. The largest absolute Gasteiger partial charge is 0.399 e. The maximum absolute atomic E-state index is 11.9. The van der Waals surface area contributed by atoms with Crippen molar-refractivity contribution in [2.24, 2.45) is 0 Å². The van der Waals surface area contributed by atoms with Crippen LogP contribution in [0.1, 0.15) is 29.7 Å². The molecule has 2 aromatic rings. The summed E-state index contributed by atoms with van der Waals surface area (Å²) in [5.41, 5.74) is 7.49. The van der Waals surface area contributed by atoms with Gasteiger partial charge >= 0.3 is 0 Å². The number of amides is 1. The van der Waals surface area contributed by atoms with Crippen molar-refractivity contribution in [3.8, 4) is 0 Å². The van der Waals surface area contributed by atoms with Crippen LogP contribution in [0.25, 0.3) is 0 Å². The van der Waals surface area contributed by atoms with Gasteiger partial charge < -0.3 is 11.1 Å². The second kappa shape index (κ2) is 5.84. The number of thiazole rings is 1. The zero-order valence-electron chi connectivity index (χ0n) is 11.0. The molecule has 1 unspecified atom stereocenters. The average molecular weight is 275 g/mol. The Bertz CT molecular complexity index is 562. The van der Waals surface area contributed by atoms with Gasteiger partial charge in [-0.25, -0.2) is 4.98 Å². The third kappa shape index (κ3) is 3.79. The SMILES string of the molecule is Cc1cnc(NC(=O)CC(C)c2ccc(N)cc2)s1. The number of aryl methyl sites for hydroxylation is 1. The van der Waals surface area contributed by atoms with Crippen molar-refractivity contribution in [2.75, 3.05) is 11.1 Å². The summed E-state index contributed by atoms with van der Waals surface area (Å²) in [5.74, 6) is 0.139. The van der Waals surface area contributed by atoms with Gasteiger partial charge in [0.25, 0.3) is 0 Å². The summed E-state index contributed by atoms with van der Waals surface area (Å²) in [6, 6.07) is 7.63. The molecule has 4 nitrogen and oxygen atoms in total. The molecule has 1 heterocycles. The van der Waals surface area contributed by atoms with Crippen LogP contribution in [0.4, 0.5) is 10.8 Å². The molecule has 2 rings (SSSR count). The van der Waals surface area contributed by atoms with E-state index in [4.69, 9.17) is 5.73 Å². The summed E-state index contributed by atoms with van der Waals surface area (Å²) in [7, 11) is 0. The first-order valence-corrected chi connectivity index (χ1v) is 6.94. The Morgan fingerprint density at radius 2 is 2.11 bits per heavy atom. The van der Waals surface area contributed by atoms with E-state index in [9.17, 15) is 4.79 Å². The first kappa shape index (κ1) is 13.5. The number of aromatic nitrogens is 1. The molecule has 0 fully saturated rings. The third-order valence-corrected chi connectivity index (χ3v) is 3.69. The Labute approximate surface area is 116 Å². The first-order valence-electron chi connectivity index (χ1n) is 6.12. The minimum absolute atomic E-state index is 0.0151. The molecule has 5 heteroatoms. The molecule has 1 aromatic carbocycles. The lowest BCUT2D eigenvalue weighted by Crippen LogP contribution is -2.14. The van der Waals surface area contributed by atoms with Gasteiger partial charge in [0.2, 0.25) is 5.91 Å². The van der Waals surface area contributed by atoms with Crippen molar-refractivity contribution < 1.29 is 4.79 Å². The van der Waals surface area contributed by atoms with E-state index >= 15 is 0 Å². The standard InChI is InChI=1S/C14H17N3OS/c1-9(11-3-5-12(15)6-4-11)7-13(18)17-14-16-8-10(2)19-14/h3-6,8-9H,7,15H2,1-2H3,(H,16,17,18). The topological polar surface area (TPSA) is 68.0 Å². The molecule has 19 heavy (non-hydrogen) atoms. The van der Waals surface area contributed by atoms with E-state index in [0.717, 1.165) is 16.1 Å². The second-order valence-electron chi connectivity index (χ2n) is 4.60. The van der Waals surface area contributed by atoms with Crippen LogP contribution in [-0.2, 0) is 4.79 Å². The van der Waals surface area contributed by atoms with Gasteiger partial charge in [0.15, 0.2) is 5.13 Å². The summed E-state index contributed by atoms with van der Waals surface area (Å²) in [4.78, 5) is 17.1. The fourth-order valence-corrected chi connectivity index (χ4v) is 2.48. The predicted molar refractivity (Wildman–Crippen MR) is 79.4 cm³/mol. The number of anilines is 2. The highest BCUT2D eigenvalue weighted by molar-refractivity contribution is 7.15. The number of benzene rings is 1. The van der Waals surface area contributed by atoms with Crippen molar-refractivity contribution in [1.82, 2.24) is 4.98 Å². The molecule has 0 aliphatic heterocycles. The molecule has 0 aliphatic carbocycles. The Morgan fingerprint density at radius 1 is 1.42 bits per heavy atom. The van der Waals surface area contributed by atoms with Gasteiger partial charge in [-0.3, -0.25) is 4.79 Å². The summed E-state index contributed by atoms with van der Waals surface area (Å²) in [6.07, 6.45) is 2.19. The number of carbonyl (C=O) groups is 1. The van der Waals surface area contributed by atoms with E-state index in [1.54, 1.807) is 6.20 Å². The van der Waals surface area contributed by atoms with Gasteiger partial charge in [-0.05, 0) is 30.5 Å². The number of nitrogens with one attached hydrogen (secondary N) is 1. The van der Waals surface area contributed by atoms with Crippen molar-refractivity contribution >= 4 is 28.1 Å². The summed E-state index contributed by atoms with van der Waals surface area (Å²) in [6.45, 7) is 3.99. The fourth-order valence-electron chi connectivity index (χ4n) is 1.80. The first-order chi connectivity index (χ1) is 9.04. The lowest BCUT2D eigenvalue weighted by Gasteiger charge is -2.11. The Hall–Kier alpha value is -1.88. The van der Waals surface area contributed by atoms with Crippen molar-refractivity contribution in [2.45, 2.75) is 26.2 Å². The van der Waals surface area contributed by atoms with Crippen LogP contribution in [0.3, 0.4) is 0 Å². The number of nitrogens with zero attached hydrogens (tertiary/aromatic N) is 1. The second-order valence-corrected chi connectivity index (χ2v) is 5.83. The van der Waals surface area contributed by atoms with Crippen LogP contribution in [0, 0.1) is 6.92 Å². The van der Waals surface area contributed by atoms with Gasteiger partial charge in [-0.15, -0.1) is 11.3 Å². The highest BCUT2D eigenvalue weighted by atomic mass is 32.1. The van der Waals surface area contributed by atoms with Crippen molar-refractivity contribution in [1.29, 1.82) is 0 Å². The molecule has 0 aliphatic rings. The Kier molecular flexibility index (Phi) is 4.16. The maximum atomic E-state index is 11.9. The lowest BCUT2D eigenvalue weighted by molar-refractivity contribution is -0.116. The molecule has 0 saturated carbocycles. The predicted octanol–water partition coefficient (Wildman–Crippen LogP) is 3.17. The maximum Gasteiger partial charge on any atom is 0.226 e. The summed E-state index contributed by atoms with van der Waals surface area (Å²) < 4.78 is 0. The molecule has 0 bridgehead atoms. The van der Waals surface area contributed by atoms with Gasteiger partial charge in [0, 0.05) is 23.2 Å². The van der Waals surface area contributed by atoms with Crippen LogP contribution in [0.2, 0.25) is 0 Å². The van der Waals surface area contributed by atoms with Crippen molar-refractivity contribution in [3.05, 3.63) is 40.9 Å². The molecule has 0 radical (unpaired) electrons. The third-order valence-electron chi connectivity index (χ3n) is 2.86. The quantitative estimate of drug-likeness (QED) is 0.842. The highest BCUT2D eigenvalue weighted by Crippen LogP contribution is 2.22. The molecule has 1 aromatic heterocycles. The van der Waals surface area contributed by atoms with E-state index in [2.05, 4.69) is 10.3 Å². The molecule has 0 saturated heterocycles. The molecule has 0 spiro atoms. The molecular weight excluding hydrogens is 258 g/mol. The summed E-state index contributed by atoms with van der Waals surface area (Å²) >= 11 is 1.48. The van der Waals surface area contributed by atoms with Gasteiger partial charge in [-0.2, -0.15) is 0 Å². The van der Waals surface area contributed by atoms with Gasteiger partial charge in [0.1, 0.15) is 0 Å². The Morgan fingerprint density at radius 3 is 2.68 bits per heavy atom. The zero-order valence-corrected chi connectivity index (χ0v) is 11.8. The number of nitrogens with two attached hydrogens (primary N) is 1. The van der Waals surface area contributed by atoms with E-state index < -0.39 is 0 Å². The Balaban J connectivity index is 1.93. The van der Waals surface area contributed by atoms with Crippen molar-refractivity contribution in [3.63, 3.8) is 0 Å². The minimum Gasteiger partial charge on any atom is -0.399 e. The summed E-state index contributed by atoms with van der Waals surface area (Å²) in [5, 5.41) is 3.48. The van der Waals surface area contributed by atoms with Gasteiger partial charge in [-0.1, -0.05) is 19.1 Å². The van der Waals surface area contributed by atoms with E-state index in [0.29, 0.717) is 11.6 Å². The monoisotopic (exact) mass is 275 g/mol. The van der Waals surface area contributed by atoms with Gasteiger partial charge in [0.05, 0.1) is 0 Å². The normalized spacial score (nSPS) is 12.1. The molecule has 1 amide bonds. The molecule has 1 atom stereocenters. The van der Waals surface area contributed by atoms with E-state index in [1.165, 1.54) is 11.3 Å². The number of rotatable bonds is 4. The van der Waals surface area contributed by atoms with E-state index in [1.807, 2.05) is 38.1 Å². The van der Waals surface area contributed by atoms with Crippen LogP contribution in [0.5, 0.6) is 0 Å². The van der Waals surface area contributed by atoms with Crippen LogP contribution >= 0.6 is 11.3 Å². The smallest absolute Gasteiger partial charge is 0.226 e. The number of hydrogen-bond donors (Lipinski definition) is 2. The number of carbonyl (C=O) groups excluding carboxylic acids is 1. The van der Waals surface area contributed by atoms with Crippen LogP contribution < -0.4 is 11.1 Å². The molecule has 3 N–H and O–H groups in total. The van der Waals surface area contributed by atoms with Crippen LogP contribution in [-0.4, -0.2) is 10.9 Å². The number of nitrogen functional groups attached to an aromatic ring is 1. The number of hydrogen-bond acceptors (Lipinski definition) is 4. The fraction of sp³-hybridized carbons (Fsp3) is 0.286.